The molecule has 0 bridgehead atoms. The van der Waals surface area contributed by atoms with Crippen LogP contribution < -0.4 is 10.2 Å². The lowest BCUT2D eigenvalue weighted by atomic mass is 9.85. The Morgan fingerprint density at radius 3 is 3.05 bits per heavy atom. The van der Waals surface area contributed by atoms with Crippen molar-refractivity contribution in [2.75, 3.05) is 18.0 Å². The molecule has 5 heteroatoms. The molecule has 0 radical (unpaired) electrons. The second-order valence-corrected chi connectivity index (χ2v) is 6.07. The molecule has 2 N–H and O–H groups in total. The predicted octanol–water partition coefficient (Wildman–Crippen LogP) is 1.63. The van der Waals surface area contributed by atoms with Gasteiger partial charge < -0.3 is 15.3 Å². The molecule has 0 aromatic carbocycles. The van der Waals surface area contributed by atoms with E-state index in [-0.39, 0.29) is 5.91 Å². The first-order valence-electron chi connectivity index (χ1n) is 7.85. The number of fused-ring (bicyclic) bond motifs is 1. The summed E-state index contributed by atoms with van der Waals surface area (Å²) in [7, 11) is 0. The molecular formula is C16H23N3O2. The molecule has 0 saturated carbocycles. The largest absolute Gasteiger partial charge is 0.387 e. The van der Waals surface area contributed by atoms with E-state index in [9.17, 15) is 9.90 Å². The van der Waals surface area contributed by atoms with Crippen LogP contribution in [-0.4, -0.2) is 35.1 Å². The van der Waals surface area contributed by atoms with E-state index in [0.29, 0.717) is 24.8 Å². The summed E-state index contributed by atoms with van der Waals surface area (Å²) >= 11 is 0. The first-order valence-corrected chi connectivity index (χ1v) is 7.85. The van der Waals surface area contributed by atoms with E-state index in [1.165, 1.54) is 0 Å². The lowest BCUT2D eigenvalue weighted by Gasteiger charge is -2.42. The minimum Gasteiger partial charge on any atom is -0.387 e. The average molecular weight is 289 g/mol. The van der Waals surface area contributed by atoms with E-state index >= 15 is 0 Å². The van der Waals surface area contributed by atoms with Gasteiger partial charge in [0.1, 0.15) is 0 Å². The fourth-order valence-electron chi connectivity index (χ4n) is 3.34. The number of hydrogen-bond acceptors (Lipinski definition) is 4. The van der Waals surface area contributed by atoms with Gasteiger partial charge in [-0.3, -0.25) is 9.78 Å². The van der Waals surface area contributed by atoms with Crippen molar-refractivity contribution in [3.05, 3.63) is 24.0 Å². The highest BCUT2D eigenvalue weighted by molar-refractivity contribution is 5.77. The zero-order valence-corrected chi connectivity index (χ0v) is 12.5. The molecule has 2 aliphatic rings. The van der Waals surface area contributed by atoms with Crippen molar-refractivity contribution >= 4 is 11.6 Å². The topological polar surface area (TPSA) is 65.5 Å². The average Bonchev–Trinajstić information content (AvgIpc) is 2.53. The first-order chi connectivity index (χ1) is 10.2. The molecule has 1 aromatic rings. The van der Waals surface area contributed by atoms with Crippen molar-refractivity contribution in [3.63, 3.8) is 0 Å². The number of nitrogens with zero attached hydrogens (tertiary/aromatic N) is 2. The molecule has 0 aliphatic carbocycles. The van der Waals surface area contributed by atoms with Crippen LogP contribution in [0.3, 0.4) is 0 Å². The highest BCUT2D eigenvalue weighted by atomic mass is 16.3. The van der Waals surface area contributed by atoms with Crippen LogP contribution in [0.4, 0.5) is 5.69 Å². The van der Waals surface area contributed by atoms with Gasteiger partial charge in [-0.25, -0.2) is 0 Å². The fraction of sp³-hybridized carbons (Fsp3) is 0.625. The summed E-state index contributed by atoms with van der Waals surface area (Å²) in [5.74, 6) is 0.738. The lowest BCUT2D eigenvalue weighted by Crippen LogP contribution is -2.54. The summed E-state index contributed by atoms with van der Waals surface area (Å²) in [6.45, 7) is 3.86. The SMILES string of the molecule is CC[C@@H](O)c1ccc(N2CCC3NC(=O)CCC3C2)cn1. The van der Waals surface area contributed by atoms with Gasteiger partial charge in [-0.05, 0) is 37.3 Å². The van der Waals surface area contributed by atoms with Crippen LogP contribution in [0.1, 0.15) is 44.4 Å². The van der Waals surface area contributed by atoms with Crippen LogP contribution in [0.2, 0.25) is 0 Å². The molecular weight excluding hydrogens is 266 g/mol. The van der Waals surface area contributed by atoms with Crippen LogP contribution in [-0.2, 0) is 4.79 Å². The maximum absolute atomic E-state index is 11.4. The fourth-order valence-corrected chi connectivity index (χ4v) is 3.34. The van der Waals surface area contributed by atoms with Crippen LogP contribution in [0.25, 0.3) is 0 Å². The number of anilines is 1. The van der Waals surface area contributed by atoms with E-state index in [4.69, 9.17) is 0 Å². The van der Waals surface area contributed by atoms with Crippen LogP contribution in [0, 0.1) is 5.92 Å². The van der Waals surface area contributed by atoms with Gasteiger partial charge in [-0.15, -0.1) is 0 Å². The van der Waals surface area contributed by atoms with Gasteiger partial charge in [0.25, 0.3) is 0 Å². The van der Waals surface area contributed by atoms with Gasteiger partial charge in [-0.2, -0.15) is 0 Å². The Hall–Kier alpha value is -1.62. The Morgan fingerprint density at radius 1 is 1.48 bits per heavy atom. The molecule has 3 atom stereocenters. The first kappa shape index (κ1) is 14.3. The molecule has 114 valence electrons. The molecule has 3 heterocycles. The zero-order valence-electron chi connectivity index (χ0n) is 12.5. The monoisotopic (exact) mass is 289 g/mol. The highest BCUT2D eigenvalue weighted by Crippen LogP contribution is 2.28. The third-order valence-electron chi connectivity index (χ3n) is 4.69. The standard InChI is InChI=1S/C16H23N3O2/c1-2-15(20)14-5-4-12(9-17-14)19-8-7-13-11(10-19)3-6-16(21)18-13/h4-5,9,11,13,15,20H,2-3,6-8,10H2,1H3,(H,18,21)/t11?,13?,15-/m1/s1. The van der Waals surface area contributed by atoms with Gasteiger partial charge in [0.2, 0.25) is 5.91 Å². The molecule has 21 heavy (non-hydrogen) atoms. The van der Waals surface area contributed by atoms with E-state index in [0.717, 1.165) is 37.3 Å². The third kappa shape index (κ3) is 3.02. The summed E-state index contributed by atoms with van der Waals surface area (Å²) in [6, 6.07) is 4.30. The zero-order chi connectivity index (χ0) is 14.8. The van der Waals surface area contributed by atoms with Gasteiger partial charge in [-0.1, -0.05) is 6.92 Å². The van der Waals surface area contributed by atoms with Gasteiger partial charge in [0.05, 0.1) is 23.7 Å². The molecule has 2 unspecified atom stereocenters. The summed E-state index contributed by atoms with van der Waals surface area (Å²) in [5.41, 5.74) is 1.85. The third-order valence-corrected chi connectivity index (χ3v) is 4.69. The highest BCUT2D eigenvalue weighted by Gasteiger charge is 2.33. The number of aliphatic hydroxyl groups is 1. The van der Waals surface area contributed by atoms with E-state index in [1.807, 2.05) is 25.3 Å². The summed E-state index contributed by atoms with van der Waals surface area (Å²) in [6.07, 6.45) is 4.69. The molecule has 2 aliphatic heterocycles. The van der Waals surface area contributed by atoms with Gasteiger partial charge in [0.15, 0.2) is 0 Å². The van der Waals surface area contributed by atoms with E-state index in [2.05, 4.69) is 15.2 Å². The number of aromatic nitrogens is 1. The molecule has 2 saturated heterocycles. The number of carbonyl (C=O) groups excluding carboxylic acids is 1. The minimum absolute atomic E-state index is 0.198. The number of piperidine rings is 2. The van der Waals surface area contributed by atoms with Gasteiger partial charge >= 0.3 is 0 Å². The molecule has 0 spiro atoms. The summed E-state index contributed by atoms with van der Waals surface area (Å²) < 4.78 is 0. The van der Waals surface area contributed by atoms with E-state index in [1.54, 1.807) is 0 Å². The second-order valence-electron chi connectivity index (χ2n) is 6.07. The number of amides is 1. The summed E-state index contributed by atoms with van der Waals surface area (Å²) in [4.78, 5) is 18.2. The molecule has 2 fully saturated rings. The smallest absolute Gasteiger partial charge is 0.220 e. The normalized spacial score (nSPS) is 27.0. The number of pyridine rings is 1. The Balaban J connectivity index is 1.66. The maximum Gasteiger partial charge on any atom is 0.220 e. The number of aliphatic hydroxyl groups excluding tert-OH is 1. The van der Waals surface area contributed by atoms with Crippen molar-refractivity contribution in [2.24, 2.45) is 5.92 Å². The van der Waals surface area contributed by atoms with Crippen molar-refractivity contribution in [1.29, 1.82) is 0 Å². The number of rotatable bonds is 3. The lowest BCUT2D eigenvalue weighted by molar-refractivity contribution is -0.124. The Morgan fingerprint density at radius 2 is 2.33 bits per heavy atom. The van der Waals surface area contributed by atoms with Crippen molar-refractivity contribution < 1.29 is 9.90 Å². The van der Waals surface area contributed by atoms with E-state index < -0.39 is 6.10 Å². The quantitative estimate of drug-likeness (QED) is 0.887. The van der Waals surface area contributed by atoms with Crippen LogP contribution in [0.5, 0.6) is 0 Å². The summed E-state index contributed by atoms with van der Waals surface area (Å²) in [5, 5.41) is 12.9. The van der Waals surface area contributed by atoms with Crippen molar-refractivity contribution in [1.82, 2.24) is 10.3 Å². The second kappa shape index (κ2) is 6.02. The van der Waals surface area contributed by atoms with Crippen molar-refractivity contribution in [3.8, 4) is 0 Å². The maximum atomic E-state index is 11.4. The Labute approximate surface area is 125 Å². The predicted molar refractivity (Wildman–Crippen MR) is 81.0 cm³/mol. The number of hydrogen-bond donors (Lipinski definition) is 2. The Kier molecular flexibility index (Phi) is 4.10. The Bertz CT molecular complexity index is 503. The minimum atomic E-state index is -0.474. The van der Waals surface area contributed by atoms with Crippen LogP contribution >= 0.6 is 0 Å². The van der Waals surface area contributed by atoms with Crippen LogP contribution in [0.15, 0.2) is 18.3 Å². The molecule has 5 nitrogen and oxygen atoms in total. The number of nitrogens with one attached hydrogen (secondary N) is 1. The number of carbonyl (C=O) groups is 1. The molecule has 1 amide bonds. The molecule has 1 aromatic heterocycles. The molecule has 3 rings (SSSR count). The van der Waals surface area contributed by atoms with Gasteiger partial charge in [0, 0.05) is 25.6 Å². The van der Waals surface area contributed by atoms with Crippen molar-refractivity contribution in [2.45, 2.75) is 44.8 Å².